The normalized spacial score (nSPS) is 17.3. The van der Waals surface area contributed by atoms with Crippen molar-refractivity contribution in [3.05, 3.63) is 61.5 Å². The summed E-state index contributed by atoms with van der Waals surface area (Å²) in [6.07, 6.45) is 2.22. The molecule has 0 spiro atoms. The fraction of sp³-hybridized carbons (Fsp3) is 0.429. The molecule has 1 saturated heterocycles. The number of aryl methyl sites for hydroxylation is 1. The van der Waals surface area contributed by atoms with Gasteiger partial charge in [-0.15, -0.1) is 0 Å². The minimum atomic E-state index is -0.380. The van der Waals surface area contributed by atoms with Crippen LogP contribution in [0.4, 0.5) is 10.2 Å². The number of rotatable bonds is 3. The first-order chi connectivity index (χ1) is 13.8. The lowest BCUT2D eigenvalue weighted by Crippen LogP contribution is -2.38. The zero-order valence-electron chi connectivity index (χ0n) is 16.8. The van der Waals surface area contributed by atoms with Crippen molar-refractivity contribution in [2.45, 2.75) is 26.3 Å². The SMILES string of the molecule is C[C@@H]1CCCN(c2cc3c(c(=O)n(C)c(=O)n3C)n2Cc2cc(F)ccc2Cl)C1. The van der Waals surface area contributed by atoms with Gasteiger partial charge in [0.05, 0.1) is 12.1 Å². The molecule has 1 aromatic carbocycles. The van der Waals surface area contributed by atoms with Gasteiger partial charge in [-0.25, -0.2) is 9.18 Å². The van der Waals surface area contributed by atoms with Crippen LogP contribution in [-0.2, 0) is 20.6 Å². The number of piperidine rings is 1. The van der Waals surface area contributed by atoms with E-state index < -0.39 is 0 Å². The summed E-state index contributed by atoms with van der Waals surface area (Å²) in [6, 6.07) is 6.12. The maximum atomic E-state index is 13.9. The van der Waals surface area contributed by atoms with Crippen LogP contribution < -0.4 is 16.1 Å². The van der Waals surface area contributed by atoms with Gasteiger partial charge in [0.15, 0.2) is 0 Å². The molecular weight excluding hydrogens is 395 g/mol. The summed E-state index contributed by atoms with van der Waals surface area (Å²) >= 11 is 6.32. The number of aromatic nitrogens is 3. The highest BCUT2D eigenvalue weighted by Crippen LogP contribution is 2.30. The van der Waals surface area contributed by atoms with E-state index in [0.717, 1.165) is 36.3 Å². The van der Waals surface area contributed by atoms with Crippen molar-refractivity contribution in [3.63, 3.8) is 0 Å². The fourth-order valence-corrected chi connectivity index (χ4v) is 4.41. The van der Waals surface area contributed by atoms with Crippen LogP contribution in [0.2, 0.25) is 5.02 Å². The highest BCUT2D eigenvalue weighted by molar-refractivity contribution is 6.31. The largest absolute Gasteiger partial charge is 0.358 e. The van der Waals surface area contributed by atoms with Gasteiger partial charge in [-0.3, -0.25) is 13.9 Å². The lowest BCUT2D eigenvalue weighted by atomic mass is 10.0. The minimum absolute atomic E-state index is 0.244. The molecule has 1 aliphatic heterocycles. The number of benzene rings is 1. The molecule has 0 radical (unpaired) electrons. The number of fused-ring (bicyclic) bond motifs is 1. The summed E-state index contributed by atoms with van der Waals surface area (Å²) in [7, 11) is 3.13. The van der Waals surface area contributed by atoms with Crippen molar-refractivity contribution in [1.29, 1.82) is 0 Å². The van der Waals surface area contributed by atoms with Crippen LogP contribution in [0, 0.1) is 11.7 Å². The lowest BCUT2D eigenvalue weighted by Gasteiger charge is -2.33. The molecule has 3 aromatic rings. The molecule has 6 nitrogen and oxygen atoms in total. The van der Waals surface area contributed by atoms with Crippen molar-refractivity contribution in [2.24, 2.45) is 20.0 Å². The third kappa shape index (κ3) is 3.37. The summed E-state index contributed by atoms with van der Waals surface area (Å²) in [5, 5.41) is 0.438. The molecule has 1 atom stereocenters. The Balaban J connectivity index is 1.98. The highest BCUT2D eigenvalue weighted by Gasteiger charge is 2.24. The van der Waals surface area contributed by atoms with E-state index >= 15 is 0 Å². The van der Waals surface area contributed by atoms with E-state index in [-0.39, 0.29) is 23.6 Å². The van der Waals surface area contributed by atoms with Crippen molar-refractivity contribution in [1.82, 2.24) is 13.7 Å². The molecule has 29 heavy (non-hydrogen) atoms. The van der Waals surface area contributed by atoms with Crippen LogP contribution in [0.3, 0.4) is 0 Å². The summed E-state index contributed by atoms with van der Waals surface area (Å²) in [4.78, 5) is 27.7. The van der Waals surface area contributed by atoms with Crippen molar-refractivity contribution < 1.29 is 4.39 Å². The molecule has 0 bridgehead atoms. The second kappa shape index (κ2) is 7.37. The van der Waals surface area contributed by atoms with E-state index in [9.17, 15) is 14.0 Å². The smallest absolute Gasteiger partial charge is 0.331 e. The Kier molecular flexibility index (Phi) is 5.02. The Morgan fingerprint density at radius 2 is 1.93 bits per heavy atom. The molecule has 154 valence electrons. The molecule has 1 fully saturated rings. The average Bonchev–Trinajstić information content (AvgIpc) is 3.07. The Morgan fingerprint density at radius 1 is 1.17 bits per heavy atom. The maximum Gasteiger partial charge on any atom is 0.331 e. The topological polar surface area (TPSA) is 52.2 Å². The third-order valence-corrected chi connectivity index (χ3v) is 6.18. The van der Waals surface area contributed by atoms with Crippen LogP contribution in [0.5, 0.6) is 0 Å². The molecule has 4 rings (SSSR count). The van der Waals surface area contributed by atoms with Gasteiger partial charge in [0, 0.05) is 38.3 Å². The van der Waals surface area contributed by atoms with Gasteiger partial charge in [-0.05, 0) is 42.5 Å². The first-order valence-electron chi connectivity index (χ1n) is 9.76. The van der Waals surface area contributed by atoms with Gasteiger partial charge >= 0.3 is 5.69 Å². The average molecular weight is 419 g/mol. The van der Waals surface area contributed by atoms with Gasteiger partial charge in [-0.1, -0.05) is 18.5 Å². The van der Waals surface area contributed by atoms with Crippen LogP contribution >= 0.6 is 11.6 Å². The first-order valence-corrected chi connectivity index (χ1v) is 10.1. The van der Waals surface area contributed by atoms with Gasteiger partial charge < -0.3 is 9.47 Å². The molecule has 1 aliphatic rings. The Hall–Kier alpha value is -2.54. The van der Waals surface area contributed by atoms with E-state index in [0.29, 0.717) is 27.5 Å². The van der Waals surface area contributed by atoms with Crippen LogP contribution in [-0.4, -0.2) is 26.8 Å². The molecule has 3 heterocycles. The number of anilines is 1. The Labute approximate surface area is 172 Å². The van der Waals surface area contributed by atoms with Crippen molar-refractivity contribution >= 4 is 28.5 Å². The maximum absolute atomic E-state index is 13.9. The third-order valence-electron chi connectivity index (χ3n) is 5.81. The minimum Gasteiger partial charge on any atom is -0.358 e. The van der Waals surface area contributed by atoms with Gasteiger partial charge in [-0.2, -0.15) is 0 Å². The Bertz CT molecular complexity index is 1210. The van der Waals surface area contributed by atoms with E-state index in [4.69, 9.17) is 11.6 Å². The molecular formula is C21H24ClFN4O2. The zero-order valence-corrected chi connectivity index (χ0v) is 17.5. The number of hydrogen-bond acceptors (Lipinski definition) is 3. The van der Waals surface area contributed by atoms with E-state index in [1.807, 2.05) is 10.6 Å². The molecule has 0 N–H and O–H groups in total. The molecule has 0 unspecified atom stereocenters. The quantitative estimate of drug-likeness (QED) is 0.656. The number of hydrogen-bond donors (Lipinski definition) is 0. The number of nitrogens with zero attached hydrogens (tertiary/aromatic N) is 4. The first kappa shape index (κ1) is 19.8. The molecule has 0 amide bonds. The standard InChI is InChI=1S/C21H24ClFN4O2/c1-13-5-4-8-26(11-13)18-10-17-19(20(28)25(3)21(29)24(17)2)27(18)12-14-9-15(23)6-7-16(14)22/h6-7,9-10,13H,4-5,8,11-12H2,1-3H3/t13-/m1/s1. The molecule has 8 heteroatoms. The molecule has 2 aromatic heterocycles. The fourth-order valence-electron chi connectivity index (χ4n) is 4.23. The van der Waals surface area contributed by atoms with Crippen LogP contribution in [0.25, 0.3) is 11.0 Å². The highest BCUT2D eigenvalue weighted by atomic mass is 35.5. The van der Waals surface area contributed by atoms with E-state index in [2.05, 4.69) is 11.8 Å². The van der Waals surface area contributed by atoms with Crippen molar-refractivity contribution in [2.75, 3.05) is 18.0 Å². The summed E-state index contributed by atoms with van der Waals surface area (Å²) < 4.78 is 18.3. The monoisotopic (exact) mass is 418 g/mol. The van der Waals surface area contributed by atoms with Crippen LogP contribution in [0.1, 0.15) is 25.3 Å². The van der Waals surface area contributed by atoms with Gasteiger partial charge in [0.2, 0.25) is 0 Å². The van der Waals surface area contributed by atoms with Gasteiger partial charge in [0.1, 0.15) is 17.2 Å². The Morgan fingerprint density at radius 3 is 2.66 bits per heavy atom. The van der Waals surface area contributed by atoms with Gasteiger partial charge in [0.25, 0.3) is 5.56 Å². The molecule has 0 saturated carbocycles. The second-order valence-electron chi connectivity index (χ2n) is 7.96. The molecule has 0 aliphatic carbocycles. The van der Waals surface area contributed by atoms with E-state index in [1.165, 1.54) is 29.8 Å². The van der Waals surface area contributed by atoms with Crippen molar-refractivity contribution in [3.8, 4) is 0 Å². The van der Waals surface area contributed by atoms with Crippen LogP contribution in [0.15, 0.2) is 33.9 Å². The summed E-state index contributed by atoms with van der Waals surface area (Å²) in [6.45, 7) is 4.18. The number of halogens is 2. The predicted molar refractivity (Wildman–Crippen MR) is 114 cm³/mol. The summed E-state index contributed by atoms with van der Waals surface area (Å²) in [5.74, 6) is 0.999. The predicted octanol–water partition coefficient (Wildman–Crippen LogP) is 3.12. The van der Waals surface area contributed by atoms with E-state index in [1.54, 1.807) is 7.05 Å². The second-order valence-corrected chi connectivity index (χ2v) is 8.36. The summed E-state index contributed by atoms with van der Waals surface area (Å²) in [5.41, 5.74) is 0.835. The lowest BCUT2D eigenvalue weighted by molar-refractivity contribution is 0.441. The zero-order chi connectivity index (χ0) is 20.9.